The summed E-state index contributed by atoms with van der Waals surface area (Å²) in [7, 11) is 3.78. The van der Waals surface area contributed by atoms with Gasteiger partial charge in [0.15, 0.2) is 18.1 Å². The Hall–Kier alpha value is -3.48. The minimum Gasteiger partial charge on any atom is -0.490 e. The Labute approximate surface area is 265 Å². The molecule has 0 unspecified atom stereocenters. The normalized spacial score (nSPS) is 10.9. The third-order valence-electron chi connectivity index (χ3n) is 5.89. The second kappa shape index (κ2) is 17.6. The van der Waals surface area contributed by atoms with Gasteiger partial charge in [-0.1, -0.05) is 0 Å². The first-order valence-electron chi connectivity index (χ1n) is 13.8. The number of halogens is 2. The van der Waals surface area contributed by atoms with Crippen LogP contribution in [0.4, 0.5) is 16.3 Å². The number of hydrogen-bond donors (Lipinski definition) is 2. The van der Waals surface area contributed by atoms with Crippen LogP contribution in [0, 0.1) is 0 Å². The number of nitrogens with zero attached hydrogens (tertiary/aromatic N) is 4. The average molecular weight is 644 g/mol. The molecule has 3 rings (SSSR count). The molecule has 2 heterocycles. The molecule has 2 N–H and O–H groups in total. The molecule has 0 bridgehead atoms. The van der Waals surface area contributed by atoms with E-state index in [0.717, 1.165) is 23.9 Å². The van der Waals surface area contributed by atoms with Crippen LogP contribution in [0.25, 0.3) is 11.0 Å². The van der Waals surface area contributed by atoms with Crippen molar-refractivity contribution in [2.75, 3.05) is 52.3 Å². The zero-order valence-corrected chi connectivity index (χ0v) is 27.5. The Balaban J connectivity index is 0.00000462. The molecule has 0 spiro atoms. The first-order valence-corrected chi connectivity index (χ1v) is 13.8. The van der Waals surface area contributed by atoms with Gasteiger partial charge in [0.05, 0.1) is 18.6 Å². The lowest BCUT2D eigenvalue weighted by Crippen LogP contribution is -2.35. The summed E-state index contributed by atoms with van der Waals surface area (Å²) < 4.78 is 21.8. The molecule has 0 radical (unpaired) electrons. The molecule has 14 heteroatoms. The third kappa shape index (κ3) is 11.6. The topological polar surface area (TPSA) is 131 Å². The summed E-state index contributed by atoms with van der Waals surface area (Å²) in [5.41, 5.74) is 1.92. The Morgan fingerprint density at radius 1 is 1.00 bits per heavy atom. The van der Waals surface area contributed by atoms with E-state index < -0.39 is 11.6 Å². The molecule has 0 saturated carbocycles. The van der Waals surface area contributed by atoms with Crippen molar-refractivity contribution in [2.45, 2.75) is 53.2 Å². The predicted molar refractivity (Wildman–Crippen MR) is 171 cm³/mol. The van der Waals surface area contributed by atoms with Gasteiger partial charge in [-0.3, -0.25) is 0 Å². The van der Waals surface area contributed by atoms with E-state index in [-0.39, 0.29) is 44.1 Å². The molecule has 2 aromatic heterocycles. The van der Waals surface area contributed by atoms with Crippen LogP contribution in [0.2, 0.25) is 0 Å². The maximum Gasteiger partial charge on any atom is 0.410 e. The number of amides is 1. The van der Waals surface area contributed by atoms with Crippen LogP contribution >= 0.6 is 24.8 Å². The molecular formula is C29H44Cl2N6O6. The molecule has 3 aromatic rings. The summed E-state index contributed by atoms with van der Waals surface area (Å²) in [4.78, 5) is 39.9. The first-order chi connectivity index (χ1) is 19.5. The molecule has 1 amide bonds. The Morgan fingerprint density at radius 3 is 2.42 bits per heavy atom. The monoisotopic (exact) mass is 642 g/mol. The van der Waals surface area contributed by atoms with E-state index in [4.69, 9.17) is 18.9 Å². The van der Waals surface area contributed by atoms with E-state index in [1.165, 1.54) is 6.33 Å². The smallest absolute Gasteiger partial charge is 0.410 e. The molecule has 0 saturated heterocycles. The fraction of sp³-hybridized carbons (Fsp3) is 0.517. The highest BCUT2D eigenvalue weighted by Crippen LogP contribution is 2.33. The van der Waals surface area contributed by atoms with Gasteiger partial charge in [0.2, 0.25) is 0 Å². The van der Waals surface area contributed by atoms with E-state index in [2.05, 4.69) is 25.2 Å². The van der Waals surface area contributed by atoms with Crippen molar-refractivity contribution in [3.05, 3.63) is 36.3 Å². The number of esters is 1. The number of anilines is 2. The largest absolute Gasteiger partial charge is 0.490 e. The van der Waals surface area contributed by atoms with Gasteiger partial charge in [0.1, 0.15) is 23.4 Å². The average Bonchev–Trinajstić information content (AvgIpc) is 3.31. The zero-order valence-electron chi connectivity index (χ0n) is 25.9. The molecule has 1 aromatic carbocycles. The number of hydrogen-bond acceptors (Lipinski definition) is 10. The number of benzene rings is 1. The molecule has 0 aliphatic carbocycles. The van der Waals surface area contributed by atoms with Crippen LogP contribution in [-0.2, 0) is 20.8 Å². The Morgan fingerprint density at radius 2 is 1.74 bits per heavy atom. The van der Waals surface area contributed by atoms with Crippen molar-refractivity contribution in [3.63, 3.8) is 0 Å². The van der Waals surface area contributed by atoms with Crippen LogP contribution in [0.5, 0.6) is 11.5 Å². The van der Waals surface area contributed by atoms with Gasteiger partial charge in [-0.2, -0.15) is 0 Å². The SMILES string of the molecule is CCOC(=O)COc1cc(Nc2ncnc3[nH]cc(CN(C)CCCN(C)C(=O)OC(C)(C)C)c23)ccc1OCC.Cl.Cl. The molecule has 12 nitrogen and oxygen atoms in total. The number of carbonyl (C=O) groups excluding carboxylic acids is 2. The van der Waals surface area contributed by atoms with Crippen molar-refractivity contribution >= 4 is 59.4 Å². The van der Waals surface area contributed by atoms with Gasteiger partial charge in [0, 0.05) is 38.1 Å². The van der Waals surface area contributed by atoms with Gasteiger partial charge in [-0.05, 0) is 72.3 Å². The van der Waals surface area contributed by atoms with Crippen molar-refractivity contribution in [1.82, 2.24) is 24.8 Å². The lowest BCUT2D eigenvalue weighted by Gasteiger charge is -2.25. The fourth-order valence-corrected chi connectivity index (χ4v) is 4.07. The Bertz CT molecular complexity index is 1320. The number of aromatic amines is 1. The summed E-state index contributed by atoms with van der Waals surface area (Å²) in [5.74, 6) is 1.12. The predicted octanol–water partition coefficient (Wildman–Crippen LogP) is 5.57. The van der Waals surface area contributed by atoms with E-state index in [1.807, 2.05) is 47.0 Å². The van der Waals surface area contributed by atoms with Gasteiger partial charge in [-0.15, -0.1) is 24.8 Å². The fourth-order valence-electron chi connectivity index (χ4n) is 4.07. The molecule has 240 valence electrons. The highest BCUT2D eigenvalue weighted by Gasteiger charge is 2.20. The lowest BCUT2D eigenvalue weighted by molar-refractivity contribution is -0.145. The molecule has 0 aliphatic heterocycles. The highest BCUT2D eigenvalue weighted by molar-refractivity contribution is 5.92. The van der Waals surface area contributed by atoms with E-state index in [0.29, 0.717) is 48.3 Å². The van der Waals surface area contributed by atoms with Crippen molar-refractivity contribution in [3.8, 4) is 11.5 Å². The van der Waals surface area contributed by atoms with Gasteiger partial charge in [-0.25, -0.2) is 19.6 Å². The summed E-state index contributed by atoms with van der Waals surface area (Å²) >= 11 is 0. The maximum absolute atomic E-state index is 12.2. The minimum absolute atomic E-state index is 0. The number of carbonyl (C=O) groups is 2. The quantitative estimate of drug-likeness (QED) is 0.215. The number of nitrogens with one attached hydrogen (secondary N) is 2. The number of H-pyrrole nitrogens is 1. The van der Waals surface area contributed by atoms with E-state index >= 15 is 0 Å². The van der Waals surface area contributed by atoms with Crippen LogP contribution < -0.4 is 14.8 Å². The number of fused-ring (bicyclic) bond motifs is 1. The lowest BCUT2D eigenvalue weighted by atomic mass is 10.2. The molecular weight excluding hydrogens is 599 g/mol. The Kier molecular flexibility index (Phi) is 15.4. The summed E-state index contributed by atoms with van der Waals surface area (Å²) in [6, 6.07) is 5.40. The minimum atomic E-state index is -0.520. The van der Waals surface area contributed by atoms with Crippen LogP contribution in [0.15, 0.2) is 30.7 Å². The summed E-state index contributed by atoms with van der Waals surface area (Å²) in [5, 5.41) is 4.23. The van der Waals surface area contributed by atoms with Crippen LogP contribution in [0.3, 0.4) is 0 Å². The number of rotatable bonds is 14. The third-order valence-corrected chi connectivity index (χ3v) is 5.89. The second-order valence-corrected chi connectivity index (χ2v) is 10.6. The van der Waals surface area contributed by atoms with Crippen LogP contribution in [0.1, 0.15) is 46.6 Å². The highest BCUT2D eigenvalue weighted by atomic mass is 35.5. The van der Waals surface area contributed by atoms with Crippen molar-refractivity contribution in [2.24, 2.45) is 0 Å². The van der Waals surface area contributed by atoms with Gasteiger partial charge in [0.25, 0.3) is 0 Å². The maximum atomic E-state index is 12.2. The van der Waals surface area contributed by atoms with E-state index in [9.17, 15) is 9.59 Å². The first kappa shape index (κ1) is 37.5. The second-order valence-electron chi connectivity index (χ2n) is 10.6. The van der Waals surface area contributed by atoms with E-state index in [1.54, 1.807) is 31.0 Å². The molecule has 0 fully saturated rings. The van der Waals surface area contributed by atoms with Crippen molar-refractivity contribution in [1.29, 1.82) is 0 Å². The molecule has 0 atom stereocenters. The summed E-state index contributed by atoms with van der Waals surface area (Å²) in [6.45, 7) is 11.7. The van der Waals surface area contributed by atoms with Crippen LogP contribution in [-0.4, -0.2) is 89.4 Å². The number of ether oxygens (including phenoxy) is 4. The zero-order chi connectivity index (χ0) is 30.0. The number of aromatic nitrogens is 3. The standard InChI is InChI=1S/C29H42N6O6.2ClH/c1-8-38-22-12-11-21(15-23(22)40-18-24(36)39-9-2)33-27-25-20(16-30-26(25)31-19-32-27)17-34(6)13-10-14-35(7)28(37)41-29(3,4)5;;/h11-12,15-16,19H,8-10,13-14,17-18H2,1-7H3,(H2,30,31,32,33);2*1H. The van der Waals surface area contributed by atoms with Gasteiger partial charge >= 0.3 is 12.1 Å². The van der Waals surface area contributed by atoms with Gasteiger partial charge < -0.3 is 39.0 Å². The molecule has 0 aliphatic rings. The summed E-state index contributed by atoms with van der Waals surface area (Å²) in [6.07, 6.45) is 3.89. The molecule has 43 heavy (non-hydrogen) atoms. The van der Waals surface area contributed by atoms with Crippen molar-refractivity contribution < 1.29 is 28.5 Å².